The summed E-state index contributed by atoms with van der Waals surface area (Å²) in [6, 6.07) is 19.3. The SMILES string of the molecule is C.C=C(C(=O)OCC)C(OC(C)=O)c1ccc(C)c(O[Si](C)(C)C(C)(C)C)c1.C=C(C(=O)OCC)[C@@H](Nc1ccc(C)cc1)c1ccc(C)c(O[Si](C)(C)C(C)(C)C)c1. The Balaban J connectivity index is 0.000000586. The number of hydrogen-bond donors (Lipinski definition) is 1. The molecule has 0 aliphatic carbocycles. The van der Waals surface area contributed by atoms with E-state index in [9.17, 15) is 14.4 Å². The van der Waals surface area contributed by atoms with E-state index >= 15 is 0 Å². The highest BCUT2D eigenvalue weighted by molar-refractivity contribution is 6.75. The Morgan fingerprint density at radius 1 is 0.661 bits per heavy atom. The molecule has 0 amide bonds. The largest absolute Gasteiger partial charge is 0.543 e. The zero-order valence-corrected chi connectivity index (χ0v) is 40.0. The van der Waals surface area contributed by atoms with Crippen LogP contribution >= 0.6 is 0 Å². The molecule has 9 nitrogen and oxygen atoms in total. The van der Waals surface area contributed by atoms with Gasteiger partial charge in [-0.25, -0.2) is 9.59 Å². The molecule has 2 atom stereocenters. The van der Waals surface area contributed by atoms with E-state index in [0.717, 1.165) is 33.9 Å². The molecular formula is C48H73NO8Si2. The van der Waals surface area contributed by atoms with Crippen LogP contribution in [0, 0.1) is 20.8 Å². The predicted octanol–water partition coefficient (Wildman–Crippen LogP) is 12.7. The summed E-state index contributed by atoms with van der Waals surface area (Å²) in [6.45, 7) is 41.2. The van der Waals surface area contributed by atoms with E-state index in [1.165, 1.54) is 12.5 Å². The number of benzene rings is 3. The smallest absolute Gasteiger partial charge is 0.337 e. The summed E-state index contributed by atoms with van der Waals surface area (Å²) < 4.78 is 28.7. The molecule has 59 heavy (non-hydrogen) atoms. The molecule has 0 aromatic heterocycles. The van der Waals surface area contributed by atoms with Crippen LogP contribution in [-0.2, 0) is 28.6 Å². The van der Waals surface area contributed by atoms with Crippen molar-refractivity contribution < 1.29 is 37.4 Å². The standard InChI is InChI=1S/C26H37NO3Si.C21H32O5Si.CH4/c1-10-29-25(28)20(4)24(27-22-15-11-18(2)12-16-22)21-14-13-19(3)23(17-21)30-31(8,9)26(5,6)7;1-10-24-20(23)15(3)19(25-16(4)22)17-12-11-14(2)18(13-17)26-27(8,9)21(5,6)7;/h11-17,24,27H,4,10H2,1-3,5-9H3;11-13,19H,3,10H2,1-2,4-9H3;1H4/t24-;;/m1../s1. The first-order chi connectivity index (χ1) is 26.6. The highest BCUT2D eigenvalue weighted by Crippen LogP contribution is 2.41. The minimum Gasteiger partial charge on any atom is -0.543 e. The lowest BCUT2D eigenvalue weighted by Gasteiger charge is -2.37. The van der Waals surface area contributed by atoms with Crippen LogP contribution in [0.3, 0.4) is 0 Å². The first kappa shape index (κ1) is 52.4. The zero-order valence-electron chi connectivity index (χ0n) is 38.0. The van der Waals surface area contributed by atoms with Gasteiger partial charge in [0.15, 0.2) is 6.10 Å². The van der Waals surface area contributed by atoms with Crippen molar-refractivity contribution in [2.45, 2.75) is 139 Å². The average Bonchev–Trinajstić information content (AvgIpc) is 3.11. The highest BCUT2D eigenvalue weighted by Gasteiger charge is 2.40. The third kappa shape index (κ3) is 14.9. The van der Waals surface area contributed by atoms with Crippen LogP contribution in [0.2, 0.25) is 36.3 Å². The number of aryl methyl sites for hydroxylation is 3. The van der Waals surface area contributed by atoms with E-state index in [-0.39, 0.29) is 29.7 Å². The van der Waals surface area contributed by atoms with Crippen molar-refractivity contribution in [1.82, 2.24) is 0 Å². The van der Waals surface area contributed by atoms with Gasteiger partial charge in [-0.15, -0.1) is 0 Å². The van der Waals surface area contributed by atoms with Gasteiger partial charge in [-0.2, -0.15) is 0 Å². The molecule has 326 valence electrons. The molecule has 3 rings (SSSR count). The maximum atomic E-state index is 12.5. The second kappa shape index (κ2) is 21.6. The summed E-state index contributed by atoms with van der Waals surface area (Å²) in [4.78, 5) is 36.2. The predicted molar refractivity (Wildman–Crippen MR) is 248 cm³/mol. The number of esters is 3. The molecule has 3 aromatic carbocycles. The molecule has 0 saturated heterocycles. The molecule has 11 heteroatoms. The number of nitrogens with one attached hydrogen (secondary N) is 1. The van der Waals surface area contributed by atoms with Crippen LogP contribution in [0.5, 0.6) is 11.5 Å². The van der Waals surface area contributed by atoms with Crippen LogP contribution in [-0.4, -0.2) is 47.8 Å². The highest BCUT2D eigenvalue weighted by atomic mass is 28.4. The Bertz CT molecular complexity index is 1920. The van der Waals surface area contributed by atoms with E-state index < -0.39 is 46.7 Å². The molecule has 3 aromatic rings. The van der Waals surface area contributed by atoms with Crippen LogP contribution in [0.25, 0.3) is 0 Å². The minimum atomic E-state index is -2.05. The van der Waals surface area contributed by atoms with Gasteiger partial charge >= 0.3 is 17.9 Å². The summed E-state index contributed by atoms with van der Waals surface area (Å²) in [5.41, 5.74) is 6.12. The van der Waals surface area contributed by atoms with Crippen LogP contribution in [0.4, 0.5) is 5.69 Å². The fourth-order valence-corrected chi connectivity index (χ4v) is 7.17. The third-order valence-electron chi connectivity index (χ3n) is 10.8. The second-order valence-corrected chi connectivity index (χ2v) is 27.1. The van der Waals surface area contributed by atoms with Crippen LogP contribution < -0.4 is 14.2 Å². The molecule has 0 aliphatic rings. The Morgan fingerprint density at radius 2 is 1.07 bits per heavy atom. The number of hydrogen-bond acceptors (Lipinski definition) is 9. The lowest BCUT2D eigenvalue weighted by Crippen LogP contribution is -2.44. The van der Waals surface area contributed by atoms with Gasteiger partial charge in [-0.05, 0) is 112 Å². The fourth-order valence-electron chi connectivity index (χ4n) is 5.02. The lowest BCUT2D eigenvalue weighted by atomic mass is 9.97. The van der Waals surface area contributed by atoms with E-state index in [4.69, 9.17) is 23.1 Å². The second-order valence-electron chi connectivity index (χ2n) is 17.7. The van der Waals surface area contributed by atoms with Gasteiger partial charge in [0.05, 0.1) is 30.4 Å². The molecule has 0 bridgehead atoms. The first-order valence-corrected chi connectivity index (χ1v) is 25.8. The number of anilines is 1. The number of ether oxygens (including phenoxy) is 3. The van der Waals surface area contributed by atoms with Crippen molar-refractivity contribution in [3.8, 4) is 11.5 Å². The molecule has 0 saturated carbocycles. The van der Waals surface area contributed by atoms with Gasteiger partial charge in [-0.3, -0.25) is 4.79 Å². The summed E-state index contributed by atoms with van der Waals surface area (Å²) in [7, 11) is -4.06. The Morgan fingerprint density at radius 3 is 1.47 bits per heavy atom. The van der Waals surface area contributed by atoms with Crippen LogP contribution in [0.15, 0.2) is 85.0 Å². The van der Waals surface area contributed by atoms with Crippen molar-refractivity contribution in [3.05, 3.63) is 113 Å². The molecule has 0 heterocycles. The molecule has 0 spiro atoms. The first-order valence-electron chi connectivity index (χ1n) is 20.0. The fraction of sp³-hybridized carbons (Fsp3) is 0.479. The third-order valence-corrected chi connectivity index (χ3v) is 19.5. The van der Waals surface area contributed by atoms with E-state index in [1.807, 2.05) is 74.5 Å². The molecular weight excluding hydrogens is 775 g/mol. The van der Waals surface area contributed by atoms with Gasteiger partial charge in [0.1, 0.15) is 11.5 Å². The van der Waals surface area contributed by atoms with Gasteiger partial charge in [0.25, 0.3) is 0 Å². The summed E-state index contributed by atoms with van der Waals surface area (Å²) in [5.74, 6) is 0.0954. The monoisotopic (exact) mass is 847 g/mol. The number of carbonyl (C=O) groups excluding carboxylic acids is 3. The topological polar surface area (TPSA) is 109 Å². The Hall–Kier alpha value is -4.62. The maximum Gasteiger partial charge on any atom is 0.337 e. The normalized spacial score (nSPS) is 12.6. The van der Waals surface area contributed by atoms with Crippen molar-refractivity contribution in [2.24, 2.45) is 0 Å². The molecule has 1 N–H and O–H groups in total. The van der Waals surface area contributed by atoms with Gasteiger partial charge in [0.2, 0.25) is 16.6 Å². The Kier molecular flexibility index (Phi) is 19.2. The number of carbonyl (C=O) groups is 3. The summed E-state index contributed by atoms with van der Waals surface area (Å²) >= 11 is 0. The minimum absolute atomic E-state index is 0. The zero-order chi connectivity index (χ0) is 44.4. The quantitative estimate of drug-likeness (QED) is 0.0692. The molecule has 0 fully saturated rings. The van der Waals surface area contributed by atoms with Gasteiger partial charge in [0, 0.05) is 18.2 Å². The average molecular weight is 848 g/mol. The van der Waals surface area contributed by atoms with E-state index in [0.29, 0.717) is 17.7 Å². The van der Waals surface area contributed by atoms with Crippen LogP contribution in [0.1, 0.15) is 110 Å². The summed E-state index contributed by atoms with van der Waals surface area (Å²) in [6.07, 6.45) is -0.913. The maximum absolute atomic E-state index is 12.5. The summed E-state index contributed by atoms with van der Waals surface area (Å²) in [5, 5.41) is 3.58. The van der Waals surface area contributed by atoms with Crippen molar-refractivity contribution in [1.29, 1.82) is 0 Å². The van der Waals surface area contributed by atoms with E-state index in [2.05, 4.69) is 93.1 Å². The van der Waals surface area contributed by atoms with Gasteiger partial charge < -0.3 is 28.4 Å². The Labute approximate surface area is 358 Å². The van der Waals surface area contributed by atoms with Gasteiger partial charge in [-0.1, -0.05) is 104 Å². The van der Waals surface area contributed by atoms with Crippen molar-refractivity contribution >= 4 is 40.2 Å². The van der Waals surface area contributed by atoms with E-state index in [1.54, 1.807) is 13.8 Å². The molecule has 0 aliphatic heterocycles. The van der Waals surface area contributed by atoms with Crippen molar-refractivity contribution in [3.63, 3.8) is 0 Å². The molecule has 0 radical (unpaired) electrons. The lowest BCUT2D eigenvalue weighted by molar-refractivity contribution is -0.148. The van der Waals surface area contributed by atoms with Crippen molar-refractivity contribution in [2.75, 3.05) is 18.5 Å². The molecule has 1 unspecified atom stereocenters. The number of rotatable bonds is 15.